The summed E-state index contributed by atoms with van der Waals surface area (Å²) in [6, 6.07) is 13.5. The fourth-order valence-corrected chi connectivity index (χ4v) is 3.01. The van der Waals surface area contributed by atoms with Crippen LogP contribution in [0.4, 0.5) is 0 Å². The Morgan fingerprint density at radius 2 is 2.17 bits per heavy atom. The highest BCUT2D eigenvalue weighted by molar-refractivity contribution is 7.98. The van der Waals surface area contributed by atoms with E-state index in [1.165, 1.54) is 4.90 Å². The number of hydrogen-bond donors (Lipinski definition) is 2. The van der Waals surface area contributed by atoms with E-state index >= 15 is 0 Å². The molecular formula is C16H14N4OS2. The van der Waals surface area contributed by atoms with Crippen LogP contribution in [0.3, 0.4) is 0 Å². The Hall–Kier alpha value is -2.38. The molecule has 0 bridgehead atoms. The minimum absolute atomic E-state index is 0.309. The van der Waals surface area contributed by atoms with Gasteiger partial charge in [0, 0.05) is 4.90 Å². The topological polar surface area (TPSA) is 70.1 Å². The fourth-order valence-electron chi connectivity index (χ4n) is 1.91. The highest BCUT2D eigenvalue weighted by atomic mass is 32.2. The van der Waals surface area contributed by atoms with Crippen LogP contribution >= 0.6 is 23.1 Å². The Morgan fingerprint density at radius 3 is 2.87 bits per heavy atom. The van der Waals surface area contributed by atoms with Gasteiger partial charge in [0.05, 0.1) is 16.8 Å². The molecule has 0 saturated heterocycles. The third-order valence-electron chi connectivity index (χ3n) is 3.09. The first-order chi connectivity index (χ1) is 11.3. The number of hydrazone groups is 1. The predicted molar refractivity (Wildman–Crippen MR) is 95.2 cm³/mol. The second-order valence-corrected chi connectivity index (χ2v) is 6.44. The Balaban J connectivity index is 1.61. The molecule has 0 atom stereocenters. The summed E-state index contributed by atoms with van der Waals surface area (Å²) in [6.45, 7) is 0. The molecule has 23 heavy (non-hydrogen) atoms. The SMILES string of the molecule is CSc1ccc(/C=N\NC(=O)c2cc(-c3cccs3)[nH]n2)cc1. The van der Waals surface area contributed by atoms with Crippen molar-refractivity contribution in [3.05, 3.63) is 59.1 Å². The highest BCUT2D eigenvalue weighted by Gasteiger charge is 2.10. The Bertz CT molecular complexity index is 807. The number of hydrogen-bond acceptors (Lipinski definition) is 5. The van der Waals surface area contributed by atoms with Crippen LogP contribution in [0.5, 0.6) is 0 Å². The van der Waals surface area contributed by atoms with E-state index in [1.807, 2.05) is 48.0 Å². The van der Waals surface area contributed by atoms with Gasteiger partial charge in [0.1, 0.15) is 0 Å². The third-order valence-corrected chi connectivity index (χ3v) is 4.74. The number of aromatic nitrogens is 2. The molecular weight excluding hydrogens is 328 g/mol. The maximum Gasteiger partial charge on any atom is 0.291 e. The number of benzene rings is 1. The van der Waals surface area contributed by atoms with Crippen molar-refractivity contribution >= 4 is 35.2 Å². The zero-order valence-corrected chi connectivity index (χ0v) is 13.9. The van der Waals surface area contributed by atoms with Gasteiger partial charge in [-0.15, -0.1) is 23.1 Å². The number of carbonyl (C=O) groups is 1. The van der Waals surface area contributed by atoms with Gasteiger partial charge in [0.2, 0.25) is 0 Å². The van der Waals surface area contributed by atoms with Crippen molar-refractivity contribution in [2.24, 2.45) is 5.10 Å². The molecule has 0 unspecified atom stereocenters. The molecule has 0 aliphatic rings. The lowest BCUT2D eigenvalue weighted by molar-refractivity contribution is 0.0950. The van der Waals surface area contributed by atoms with E-state index in [0.717, 1.165) is 16.1 Å². The summed E-state index contributed by atoms with van der Waals surface area (Å²) < 4.78 is 0. The number of thiophene rings is 1. The van der Waals surface area contributed by atoms with Crippen molar-refractivity contribution in [3.63, 3.8) is 0 Å². The number of amides is 1. The molecule has 2 aromatic heterocycles. The molecule has 0 aliphatic heterocycles. The van der Waals surface area contributed by atoms with Gasteiger partial charge in [0.15, 0.2) is 5.69 Å². The number of carbonyl (C=O) groups excluding carboxylic acids is 1. The van der Waals surface area contributed by atoms with Crippen LogP contribution in [0, 0.1) is 0 Å². The van der Waals surface area contributed by atoms with Crippen molar-refractivity contribution in [2.75, 3.05) is 6.26 Å². The largest absolute Gasteiger partial charge is 0.291 e. The molecule has 3 aromatic rings. The second kappa shape index (κ2) is 7.26. The minimum atomic E-state index is -0.346. The Labute approximate surface area is 141 Å². The summed E-state index contributed by atoms with van der Waals surface area (Å²) in [5.74, 6) is -0.346. The maximum atomic E-state index is 12.0. The van der Waals surface area contributed by atoms with E-state index in [1.54, 1.807) is 35.4 Å². The molecule has 0 radical (unpaired) electrons. The first-order valence-electron chi connectivity index (χ1n) is 6.83. The second-order valence-electron chi connectivity index (χ2n) is 4.62. The number of thioether (sulfide) groups is 1. The number of nitrogens with one attached hydrogen (secondary N) is 2. The summed E-state index contributed by atoms with van der Waals surface area (Å²) >= 11 is 3.26. The monoisotopic (exact) mass is 342 g/mol. The van der Waals surface area contributed by atoms with E-state index in [-0.39, 0.29) is 5.91 Å². The maximum absolute atomic E-state index is 12.0. The average molecular weight is 342 g/mol. The van der Waals surface area contributed by atoms with E-state index in [2.05, 4.69) is 20.7 Å². The van der Waals surface area contributed by atoms with Crippen LogP contribution in [-0.2, 0) is 0 Å². The smallest absolute Gasteiger partial charge is 0.276 e. The molecule has 5 nitrogen and oxygen atoms in total. The van der Waals surface area contributed by atoms with Crippen LogP contribution in [0.15, 0.2) is 57.8 Å². The summed E-state index contributed by atoms with van der Waals surface area (Å²) in [4.78, 5) is 14.2. The van der Waals surface area contributed by atoms with Gasteiger partial charge in [-0.2, -0.15) is 10.2 Å². The van der Waals surface area contributed by atoms with Gasteiger partial charge >= 0.3 is 0 Å². The number of H-pyrrole nitrogens is 1. The lowest BCUT2D eigenvalue weighted by atomic mass is 10.2. The summed E-state index contributed by atoms with van der Waals surface area (Å²) in [6.07, 6.45) is 3.63. The fraction of sp³-hybridized carbons (Fsp3) is 0.0625. The van der Waals surface area contributed by atoms with Gasteiger partial charge in [-0.1, -0.05) is 18.2 Å². The zero-order chi connectivity index (χ0) is 16.1. The minimum Gasteiger partial charge on any atom is -0.276 e. The lowest BCUT2D eigenvalue weighted by Crippen LogP contribution is -2.17. The first-order valence-corrected chi connectivity index (χ1v) is 8.93. The Kier molecular flexibility index (Phi) is 4.89. The van der Waals surface area contributed by atoms with Crippen molar-refractivity contribution in [3.8, 4) is 10.6 Å². The molecule has 116 valence electrons. The molecule has 7 heteroatoms. The van der Waals surface area contributed by atoms with Crippen LogP contribution in [0.1, 0.15) is 16.1 Å². The molecule has 3 rings (SSSR count). The number of rotatable bonds is 5. The van der Waals surface area contributed by atoms with Crippen LogP contribution in [0.2, 0.25) is 0 Å². The summed E-state index contributed by atoms with van der Waals surface area (Å²) in [5, 5.41) is 12.8. The van der Waals surface area contributed by atoms with Gasteiger partial charge in [-0.3, -0.25) is 9.89 Å². The van der Waals surface area contributed by atoms with E-state index < -0.39 is 0 Å². The molecule has 1 aromatic carbocycles. The van der Waals surface area contributed by atoms with Gasteiger partial charge in [0.25, 0.3) is 5.91 Å². The number of aromatic amines is 1. The third kappa shape index (κ3) is 3.88. The molecule has 2 heterocycles. The van der Waals surface area contributed by atoms with Crippen molar-refractivity contribution < 1.29 is 4.79 Å². The molecule has 0 spiro atoms. The van der Waals surface area contributed by atoms with Gasteiger partial charge < -0.3 is 0 Å². The van der Waals surface area contributed by atoms with E-state index in [4.69, 9.17) is 0 Å². The van der Waals surface area contributed by atoms with Crippen molar-refractivity contribution in [1.29, 1.82) is 0 Å². The average Bonchev–Trinajstić information content (AvgIpc) is 3.26. The molecule has 2 N–H and O–H groups in total. The van der Waals surface area contributed by atoms with Crippen LogP contribution in [-0.4, -0.2) is 28.6 Å². The predicted octanol–water partition coefficient (Wildman–Crippen LogP) is 3.62. The van der Waals surface area contributed by atoms with E-state index in [9.17, 15) is 4.79 Å². The lowest BCUT2D eigenvalue weighted by Gasteiger charge is -1.97. The van der Waals surface area contributed by atoms with Crippen molar-refractivity contribution in [2.45, 2.75) is 4.90 Å². The standard InChI is InChI=1S/C16H14N4OS2/c1-22-12-6-4-11(5-7-12)10-17-20-16(21)14-9-13(18-19-14)15-3-2-8-23-15/h2-10H,1H3,(H,18,19)(H,20,21)/b17-10-. The highest BCUT2D eigenvalue weighted by Crippen LogP contribution is 2.22. The van der Waals surface area contributed by atoms with Gasteiger partial charge in [-0.25, -0.2) is 5.43 Å². The summed E-state index contributed by atoms with van der Waals surface area (Å²) in [5.41, 5.74) is 4.53. The molecule has 1 amide bonds. The molecule has 0 saturated carbocycles. The quantitative estimate of drug-likeness (QED) is 0.423. The summed E-state index contributed by atoms with van der Waals surface area (Å²) in [7, 11) is 0. The van der Waals surface area contributed by atoms with Gasteiger partial charge in [-0.05, 0) is 41.5 Å². The Morgan fingerprint density at radius 1 is 1.35 bits per heavy atom. The molecule has 0 fully saturated rings. The van der Waals surface area contributed by atoms with Crippen molar-refractivity contribution in [1.82, 2.24) is 15.6 Å². The number of nitrogens with zero attached hydrogens (tertiary/aromatic N) is 2. The normalized spacial score (nSPS) is 11.0. The van der Waals surface area contributed by atoms with Crippen LogP contribution in [0.25, 0.3) is 10.6 Å². The van der Waals surface area contributed by atoms with Crippen LogP contribution < -0.4 is 5.43 Å². The first kappa shape index (κ1) is 15.5. The molecule has 0 aliphatic carbocycles. The zero-order valence-electron chi connectivity index (χ0n) is 12.3. The van der Waals surface area contributed by atoms with E-state index in [0.29, 0.717) is 5.69 Å².